The van der Waals surface area contributed by atoms with E-state index in [1.54, 1.807) is 19.2 Å². The standard InChI is InChI=1S/C15H23ClN2O4S.ClH/c1-11(17-2)8-18-23(19,20)15-7-13(16)3-4-14(15)22-10-12-5-6-21-9-12;/h3-4,7,11-12,17-18H,5-6,8-10H2,1-2H3;1H. The van der Waals surface area contributed by atoms with Crippen LogP contribution in [0.4, 0.5) is 0 Å². The molecule has 2 atom stereocenters. The van der Waals surface area contributed by atoms with E-state index in [1.165, 1.54) is 6.07 Å². The second-order valence-electron chi connectivity index (χ2n) is 5.67. The molecule has 0 saturated carbocycles. The van der Waals surface area contributed by atoms with E-state index >= 15 is 0 Å². The molecule has 2 unspecified atom stereocenters. The van der Waals surface area contributed by atoms with Gasteiger partial charge in [0.25, 0.3) is 0 Å². The highest BCUT2D eigenvalue weighted by Gasteiger charge is 2.22. The van der Waals surface area contributed by atoms with E-state index in [4.69, 9.17) is 21.1 Å². The summed E-state index contributed by atoms with van der Waals surface area (Å²) in [5, 5.41) is 3.33. The molecule has 24 heavy (non-hydrogen) atoms. The largest absolute Gasteiger partial charge is 0.492 e. The van der Waals surface area contributed by atoms with E-state index in [9.17, 15) is 8.42 Å². The summed E-state index contributed by atoms with van der Waals surface area (Å²) >= 11 is 5.96. The fourth-order valence-corrected chi connectivity index (χ4v) is 3.68. The summed E-state index contributed by atoms with van der Waals surface area (Å²) < 4.78 is 38.6. The van der Waals surface area contributed by atoms with Crippen molar-refractivity contribution in [2.45, 2.75) is 24.3 Å². The number of nitrogens with one attached hydrogen (secondary N) is 2. The maximum atomic E-state index is 12.5. The molecule has 1 heterocycles. The first-order chi connectivity index (χ1) is 10.9. The lowest BCUT2D eigenvalue weighted by Gasteiger charge is -2.16. The molecule has 1 saturated heterocycles. The molecule has 1 aliphatic rings. The van der Waals surface area contributed by atoms with Crippen LogP contribution in [0.25, 0.3) is 0 Å². The molecule has 0 aliphatic carbocycles. The highest BCUT2D eigenvalue weighted by molar-refractivity contribution is 7.89. The average Bonchev–Trinajstić information content (AvgIpc) is 3.04. The smallest absolute Gasteiger partial charge is 0.244 e. The van der Waals surface area contributed by atoms with E-state index in [0.29, 0.717) is 29.9 Å². The van der Waals surface area contributed by atoms with Crippen molar-refractivity contribution in [3.8, 4) is 5.75 Å². The van der Waals surface area contributed by atoms with Gasteiger partial charge in [-0.15, -0.1) is 12.4 Å². The van der Waals surface area contributed by atoms with E-state index in [2.05, 4.69) is 10.0 Å². The number of benzene rings is 1. The number of hydrogen-bond donors (Lipinski definition) is 2. The molecule has 1 fully saturated rings. The Balaban J connectivity index is 0.00000288. The van der Waals surface area contributed by atoms with Crippen LogP contribution in [0.15, 0.2) is 23.1 Å². The van der Waals surface area contributed by atoms with Crippen LogP contribution in [0.5, 0.6) is 5.75 Å². The zero-order valence-electron chi connectivity index (χ0n) is 13.7. The SMILES string of the molecule is CNC(C)CNS(=O)(=O)c1cc(Cl)ccc1OCC1CCOC1.Cl. The van der Waals surface area contributed by atoms with Gasteiger partial charge in [0.15, 0.2) is 0 Å². The first-order valence-electron chi connectivity index (χ1n) is 7.59. The maximum absolute atomic E-state index is 12.5. The van der Waals surface area contributed by atoms with Crippen molar-refractivity contribution in [3.63, 3.8) is 0 Å². The molecule has 0 spiro atoms. The topological polar surface area (TPSA) is 76.7 Å². The Morgan fingerprint density at radius 2 is 2.21 bits per heavy atom. The predicted molar refractivity (Wildman–Crippen MR) is 96.8 cm³/mol. The third-order valence-electron chi connectivity index (χ3n) is 3.77. The lowest BCUT2D eigenvalue weighted by Crippen LogP contribution is -2.37. The Kier molecular flexibility index (Phi) is 8.76. The molecule has 6 nitrogen and oxygen atoms in total. The van der Waals surface area contributed by atoms with Crippen molar-refractivity contribution in [2.75, 3.05) is 33.4 Å². The molecule has 0 amide bonds. The minimum Gasteiger partial charge on any atom is -0.492 e. The van der Waals surface area contributed by atoms with Crippen LogP contribution in [0.2, 0.25) is 5.02 Å². The van der Waals surface area contributed by atoms with Crippen LogP contribution in [0.3, 0.4) is 0 Å². The molecule has 0 bridgehead atoms. The molecule has 1 aromatic rings. The number of hydrogen-bond acceptors (Lipinski definition) is 5. The molecule has 1 aromatic carbocycles. The lowest BCUT2D eigenvalue weighted by atomic mass is 10.1. The van der Waals surface area contributed by atoms with E-state index < -0.39 is 10.0 Å². The summed E-state index contributed by atoms with van der Waals surface area (Å²) in [5.74, 6) is 0.601. The first kappa shape index (κ1) is 21.5. The Labute approximate surface area is 154 Å². The third kappa shape index (κ3) is 6.06. The lowest BCUT2D eigenvalue weighted by molar-refractivity contribution is 0.166. The van der Waals surface area contributed by atoms with E-state index in [-0.39, 0.29) is 29.9 Å². The maximum Gasteiger partial charge on any atom is 0.244 e. The minimum atomic E-state index is -3.70. The molecule has 0 radical (unpaired) electrons. The minimum absolute atomic E-state index is 0. The number of likely N-dealkylation sites (N-methyl/N-ethyl adjacent to an activating group) is 1. The molecule has 0 aromatic heterocycles. The Bertz CT molecular complexity index is 622. The fourth-order valence-electron chi connectivity index (χ4n) is 2.15. The number of sulfonamides is 1. The van der Waals surface area contributed by atoms with E-state index in [1.807, 2.05) is 6.92 Å². The van der Waals surface area contributed by atoms with E-state index in [0.717, 1.165) is 13.0 Å². The van der Waals surface area contributed by atoms with Gasteiger partial charge in [0.2, 0.25) is 10.0 Å². The Morgan fingerprint density at radius 1 is 1.46 bits per heavy atom. The van der Waals surface area contributed by atoms with Crippen molar-refractivity contribution in [1.29, 1.82) is 0 Å². The van der Waals surface area contributed by atoms with Crippen molar-refractivity contribution < 1.29 is 17.9 Å². The third-order valence-corrected chi connectivity index (χ3v) is 5.45. The van der Waals surface area contributed by atoms with Gasteiger partial charge in [-0.3, -0.25) is 0 Å². The zero-order chi connectivity index (χ0) is 16.9. The first-order valence-corrected chi connectivity index (χ1v) is 9.45. The highest BCUT2D eigenvalue weighted by atomic mass is 35.5. The summed E-state index contributed by atoms with van der Waals surface area (Å²) in [6.07, 6.45) is 0.924. The van der Waals surface area contributed by atoms with Crippen LogP contribution in [0.1, 0.15) is 13.3 Å². The average molecular weight is 399 g/mol. The van der Waals surface area contributed by atoms with Gasteiger partial charge < -0.3 is 14.8 Å². The number of rotatable bonds is 8. The molecular formula is C15H24Cl2N2O4S. The Hall–Kier alpha value is -0.570. The molecule has 2 rings (SSSR count). The van der Waals surface area contributed by atoms with Crippen LogP contribution < -0.4 is 14.8 Å². The van der Waals surface area contributed by atoms with Crippen LogP contribution >= 0.6 is 24.0 Å². The fraction of sp³-hybridized carbons (Fsp3) is 0.600. The van der Waals surface area contributed by atoms with Crippen LogP contribution in [-0.2, 0) is 14.8 Å². The van der Waals surface area contributed by atoms with Crippen molar-refractivity contribution in [3.05, 3.63) is 23.2 Å². The molecule has 138 valence electrons. The molecule has 1 aliphatic heterocycles. The normalized spacial score (nSPS) is 18.9. The molecule has 2 N–H and O–H groups in total. The van der Waals surface area contributed by atoms with Crippen molar-refractivity contribution in [2.24, 2.45) is 5.92 Å². The molecular weight excluding hydrogens is 375 g/mol. The van der Waals surface area contributed by atoms with Gasteiger partial charge >= 0.3 is 0 Å². The van der Waals surface area contributed by atoms with Gasteiger partial charge in [0.05, 0.1) is 13.2 Å². The van der Waals surface area contributed by atoms with Gasteiger partial charge in [-0.05, 0) is 38.6 Å². The highest BCUT2D eigenvalue weighted by Crippen LogP contribution is 2.28. The van der Waals surface area contributed by atoms with Crippen LogP contribution in [0, 0.1) is 5.92 Å². The quantitative estimate of drug-likeness (QED) is 0.700. The zero-order valence-corrected chi connectivity index (χ0v) is 16.1. The summed E-state index contributed by atoms with van der Waals surface area (Å²) in [4.78, 5) is 0.0622. The van der Waals surface area contributed by atoms with Crippen molar-refractivity contribution >= 4 is 34.0 Å². The van der Waals surface area contributed by atoms with Gasteiger partial charge in [-0.25, -0.2) is 13.1 Å². The monoisotopic (exact) mass is 398 g/mol. The Morgan fingerprint density at radius 3 is 2.83 bits per heavy atom. The van der Waals surface area contributed by atoms with Gasteiger partial charge in [-0.1, -0.05) is 11.6 Å². The predicted octanol–water partition coefficient (Wildman–Crippen LogP) is 2.06. The number of halogens is 2. The summed E-state index contributed by atoms with van der Waals surface area (Å²) in [6, 6.07) is 4.64. The summed E-state index contributed by atoms with van der Waals surface area (Å²) in [5.41, 5.74) is 0. The van der Waals surface area contributed by atoms with Gasteiger partial charge in [0.1, 0.15) is 10.6 Å². The second kappa shape index (κ2) is 9.79. The summed E-state index contributed by atoms with van der Waals surface area (Å²) in [6.45, 7) is 3.97. The number of ether oxygens (including phenoxy) is 2. The second-order valence-corrected chi connectivity index (χ2v) is 7.85. The van der Waals surface area contributed by atoms with Gasteiger partial charge in [0, 0.05) is 30.1 Å². The van der Waals surface area contributed by atoms with Crippen LogP contribution in [-0.4, -0.2) is 47.9 Å². The summed E-state index contributed by atoms with van der Waals surface area (Å²) in [7, 11) is -1.92. The molecule has 9 heteroatoms. The van der Waals surface area contributed by atoms with Gasteiger partial charge in [-0.2, -0.15) is 0 Å². The van der Waals surface area contributed by atoms with Crippen molar-refractivity contribution in [1.82, 2.24) is 10.0 Å².